The van der Waals surface area contributed by atoms with E-state index in [1.54, 1.807) is 11.0 Å². The molecule has 30 heavy (non-hydrogen) atoms. The smallest absolute Gasteiger partial charge is 0.276 e. The summed E-state index contributed by atoms with van der Waals surface area (Å²) in [6.07, 6.45) is 1.37. The van der Waals surface area contributed by atoms with Crippen molar-refractivity contribution in [3.8, 4) is 11.3 Å². The molecule has 2 heterocycles. The van der Waals surface area contributed by atoms with Gasteiger partial charge in [0.15, 0.2) is 21.3 Å². The fourth-order valence-electron chi connectivity index (χ4n) is 3.73. The third-order valence-corrected chi connectivity index (χ3v) is 7.23. The van der Waals surface area contributed by atoms with E-state index < -0.39 is 9.84 Å². The first kappa shape index (κ1) is 20.3. The summed E-state index contributed by atoms with van der Waals surface area (Å²) in [4.78, 5) is 14.9. The predicted molar refractivity (Wildman–Crippen MR) is 115 cm³/mol. The second kappa shape index (κ2) is 8.44. The van der Waals surface area contributed by atoms with Gasteiger partial charge in [0.1, 0.15) is 0 Å². The maximum absolute atomic E-state index is 13.3. The van der Waals surface area contributed by atoms with E-state index in [-0.39, 0.29) is 29.1 Å². The van der Waals surface area contributed by atoms with Crippen LogP contribution in [0.4, 0.5) is 0 Å². The van der Waals surface area contributed by atoms with Gasteiger partial charge >= 0.3 is 0 Å². The molecule has 1 fully saturated rings. The van der Waals surface area contributed by atoms with Crippen LogP contribution in [-0.2, 0) is 22.8 Å². The molecule has 1 saturated heterocycles. The van der Waals surface area contributed by atoms with Crippen LogP contribution in [0.1, 0.15) is 35.0 Å². The summed E-state index contributed by atoms with van der Waals surface area (Å²) in [5.41, 5.74) is 3.18. The van der Waals surface area contributed by atoms with E-state index in [0.29, 0.717) is 18.7 Å². The molecule has 4 rings (SSSR count). The summed E-state index contributed by atoms with van der Waals surface area (Å²) in [5.74, 6) is 0.271. The van der Waals surface area contributed by atoms with Crippen molar-refractivity contribution >= 4 is 15.7 Å². The second-order valence-electron chi connectivity index (χ2n) is 7.60. The maximum Gasteiger partial charge on any atom is 0.276 e. The number of carbonyl (C=O) groups is 1. The molecule has 156 valence electrons. The Morgan fingerprint density at radius 2 is 1.80 bits per heavy atom. The van der Waals surface area contributed by atoms with Crippen LogP contribution >= 0.6 is 0 Å². The number of benzene rings is 2. The third kappa shape index (κ3) is 4.46. The number of aryl methyl sites for hydroxylation is 1. The van der Waals surface area contributed by atoms with Gasteiger partial charge in [-0.1, -0.05) is 66.7 Å². The van der Waals surface area contributed by atoms with Crippen LogP contribution in [0.3, 0.4) is 0 Å². The molecule has 1 atom stereocenters. The third-order valence-electron chi connectivity index (χ3n) is 5.48. The number of sulfone groups is 1. The van der Waals surface area contributed by atoms with E-state index >= 15 is 0 Å². The van der Waals surface area contributed by atoms with Gasteiger partial charge < -0.3 is 9.42 Å². The van der Waals surface area contributed by atoms with Crippen LogP contribution in [0.5, 0.6) is 0 Å². The minimum atomic E-state index is -3.13. The van der Waals surface area contributed by atoms with Gasteiger partial charge in [-0.05, 0) is 24.0 Å². The number of aromatic nitrogens is 1. The van der Waals surface area contributed by atoms with Crippen LogP contribution in [0.15, 0.2) is 65.2 Å². The zero-order chi connectivity index (χ0) is 21.1. The number of nitrogens with zero attached hydrogens (tertiary/aromatic N) is 2. The monoisotopic (exact) mass is 424 g/mol. The van der Waals surface area contributed by atoms with Gasteiger partial charge in [-0.15, -0.1) is 0 Å². The molecule has 6 nitrogen and oxygen atoms in total. The highest BCUT2D eigenvalue weighted by atomic mass is 32.2. The highest BCUT2D eigenvalue weighted by Crippen LogP contribution is 2.25. The number of amides is 1. The minimum Gasteiger partial charge on any atom is -0.355 e. The van der Waals surface area contributed by atoms with Gasteiger partial charge in [0, 0.05) is 24.2 Å². The molecule has 7 heteroatoms. The van der Waals surface area contributed by atoms with Crippen LogP contribution in [0.25, 0.3) is 11.3 Å². The molecule has 2 aromatic carbocycles. The van der Waals surface area contributed by atoms with Crippen molar-refractivity contribution in [1.29, 1.82) is 0 Å². The summed E-state index contributed by atoms with van der Waals surface area (Å²) in [7, 11) is -3.13. The average Bonchev–Trinajstić information content (AvgIpc) is 3.39. The van der Waals surface area contributed by atoms with Crippen LogP contribution < -0.4 is 0 Å². The molecular weight excluding hydrogens is 400 g/mol. The summed E-state index contributed by atoms with van der Waals surface area (Å²) in [6.45, 7) is 2.42. The molecule has 0 radical (unpaired) electrons. The molecule has 0 spiro atoms. The zero-order valence-electron chi connectivity index (χ0n) is 16.8. The number of rotatable bonds is 6. The lowest BCUT2D eigenvalue weighted by molar-refractivity contribution is 0.0670. The summed E-state index contributed by atoms with van der Waals surface area (Å²) in [6, 6.07) is 18.7. The first-order valence-electron chi connectivity index (χ1n) is 10.1. The SMILES string of the molecule is CCc1ccc(CN(C(=O)c2cc(-c3ccccc3)on2)[C@H]2CCS(=O)(=O)C2)cc1. The van der Waals surface area contributed by atoms with E-state index in [4.69, 9.17) is 4.52 Å². The zero-order valence-corrected chi connectivity index (χ0v) is 17.6. The van der Waals surface area contributed by atoms with Crippen molar-refractivity contribution in [1.82, 2.24) is 10.1 Å². The van der Waals surface area contributed by atoms with E-state index in [1.165, 1.54) is 5.56 Å². The van der Waals surface area contributed by atoms with Gasteiger partial charge in [-0.25, -0.2) is 8.42 Å². The van der Waals surface area contributed by atoms with E-state index in [9.17, 15) is 13.2 Å². The standard InChI is InChI=1S/C23H24N2O4S/c1-2-17-8-10-18(11-9-17)15-25(20-12-13-30(27,28)16-20)23(26)21-14-22(29-24-21)19-6-4-3-5-7-19/h3-11,14,20H,2,12-13,15-16H2,1H3/t20-/m0/s1. The lowest BCUT2D eigenvalue weighted by Gasteiger charge is -2.27. The average molecular weight is 425 g/mol. The fraction of sp³-hybridized carbons (Fsp3) is 0.304. The van der Waals surface area contributed by atoms with Gasteiger partial charge in [0.25, 0.3) is 5.91 Å². The second-order valence-corrected chi connectivity index (χ2v) is 9.83. The summed E-state index contributed by atoms with van der Waals surface area (Å²) < 4.78 is 29.5. The Bertz CT molecular complexity index is 1120. The van der Waals surface area contributed by atoms with Crippen molar-refractivity contribution in [2.75, 3.05) is 11.5 Å². The Kier molecular flexibility index (Phi) is 5.72. The number of carbonyl (C=O) groups excluding carboxylic acids is 1. The molecule has 1 aromatic heterocycles. The van der Waals surface area contributed by atoms with Gasteiger partial charge in [-0.3, -0.25) is 4.79 Å². The Balaban J connectivity index is 1.61. The maximum atomic E-state index is 13.3. The molecule has 0 bridgehead atoms. The Labute approximate surface area is 176 Å². The fourth-order valence-corrected chi connectivity index (χ4v) is 5.46. The first-order chi connectivity index (χ1) is 14.4. The molecule has 1 aliphatic heterocycles. The van der Waals surface area contributed by atoms with E-state index in [2.05, 4.69) is 12.1 Å². The predicted octanol–water partition coefficient (Wildman–Crippen LogP) is 3.73. The summed E-state index contributed by atoms with van der Waals surface area (Å²) >= 11 is 0. The largest absolute Gasteiger partial charge is 0.355 e. The lowest BCUT2D eigenvalue weighted by atomic mass is 10.1. The number of hydrogen-bond acceptors (Lipinski definition) is 5. The molecule has 0 saturated carbocycles. The molecule has 0 unspecified atom stereocenters. The summed E-state index contributed by atoms with van der Waals surface area (Å²) in [5, 5.41) is 3.97. The van der Waals surface area contributed by atoms with Crippen LogP contribution in [0, 0.1) is 0 Å². The Morgan fingerprint density at radius 3 is 2.43 bits per heavy atom. The van der Waals surface area contributed by atoms with Crippen LogP contribution in [-0.4, -0.2) is 41.9 Å². The van der Waals surface area contributed by atoms with Gasteiger partial charge in [0.2, 0.25) is 0 Å². The van der Waals surface area contributed by atoms with Crippen molar-refractivity contribution in [2.45, 2.75) is 32.4 Å². The molecule has 1 amide bonds. The van der Waals surface area contributed by atoms with Crippen LogP contribution in [0.2, 0.25) is 0 Å². The lowest BCUT2D eigenvalue weighted by Crippen LogP contribution is -2.40. The first-order valence-corrected chi connectivity index (χ1v) is 11.9. The normalized spacial score (nSPS) is 17.7. The minimum absolute atomic E-state index is 0.0187. The van der Waals surface area contributed by atoms with Crippen molar-refractivity contribution < 1.29 is 17.7 Å². The van der Waals surface area contributed by atoms with Gasteiger partial charge in [0.05, 0.1) is 11.5 Å². The topological polar surface area (TPSA) is 80.5 Å². The van der Waals surface area contributed by atoms with E-state index in [0.717, 1.165) is 17.5 Å². The molecular formula is C23H24N2O4S. The molecule has 3 aromatic rings. The Morgan fingerprint density at radius 1 is 1.10 bits per heavy atom. The Hall–Kier alpha value is -2.93. The quantitative estimate of drug-likeness (QED) is 0.602. The number of hydrogen-bond donors (Lipinski definition) is 0. The molecule has 0 aliphatic carbocycles. The van der Waals surface area contributed by atoms with Crippen molar-refractivity contribution in [3.63, 3.8) is 0 Å². The highest BCUT2D eigenvalue weighted by molar-refractivity contribution is 7.91. The highest BCUT2D eigenvalue weighted by Gasteiger charge is 2.36. The van der Waals surface area contributed by atoms with E-state index in [1.807, 2.05) is 54.6 Å². The molecule has 0 N–H and O–H groups in total. The van der Waals surface area contributed by atoms with Crippen molar-refractivity contribution in [3.05, 3.63) is 77.5 Å². The molecule has 1 aliphatic rings. The van der Waals surface area contributed by atoms with Crippen molar-refractivity contribution in [2.24, 2.45) is 0 Å². The van der Waals surface area contributed by atoms with Gasteiger partial charge in [-0.2, -0.15) is 0 Å².